The lowest BCUT2D eigenvalue weighted by atomic mass is 10.1. The highest BCUT2D eigenvalue weighted by atomic mass is 79.9. The van der Waals surface area contributed by atoms with E-state index in [4.69, 9.17) is 4.74 Å². The number of aromatic nitrogens is 1. The van der Waals surface area contributed by atoms with E-state index >= 15 is 0 Å². The molecule has 2 rings (SSSR count). The second-order valence-electron chi connectivity index (χ2n) is 3.85. The molecule has 1 N–H and O–H groups in total. The fraction of sp³-hybridized carbons (Fsp3) is 0.545. The summed E-state index contributed by atoms with van der Waals surface area (Å²) in [6.45, 7) is 3.03. The molecule has 15 heavy (non-hydrogen) atoms. The number of pyridine rings is 1. The number of hydrogen-bond acceptors (Lipinski definition) is 3. The Bertz CT molecular complexity index is 309. The highest BCUT2D eigenvalue weighted by molar-refractivity contribution is 9.10. The Morgan fingerprint density at radius 2 is 2.47 bits per heavy atom. The third-order valence-electron chi connectivity index (χ3n) is 2.63. The first-order valence-corrected chi connectivity index (χ1v) is 6.05. The molecule has 0 spiro atoms. The molecule has 2 heterocycles. The number of hydrogen-bond donors (Lipinski definition) is 1. The van der Waals surface area contributed by atoms with Gasteiger partial charge in [-0.05, 0) is 47.8 Å². The van der Waals surface area contributed by atoms with Crippen molar-refractivity contribution in [2.24, 2.45) is 0 Å². The molecule has 1 saturated heterocycles. The molecule has 0 amide bonds. The molecule has 0 aliphatic carbocycles. The van der Waals surface area contributed by atoms with Crippen LogP contribution in [0, 0.1) is 0 Å². The Labute approximate surface area is 98.4 Å². The number of nitrogens with one attached hydrogen (secondary N) is 1. The average molecular weight is 271 g/mol. The highest BCUT2D eigenvalue weighted by Crippen LogP contribution is 2.18. The summed E-state index contributed by atoms with van der Waals surface area (Å²) in [6.07, 6.45) is 4.44. The lowest BCUT2D eigenvalue weighted by molar-refractivity contribution is 0.0995. The molecule has 2 atom stereocenters. The Kier molecular flexibility index (Phi) is 3.59. The molecule has 1 fully saturated rings. The summed E-state index contributed by atoms with van der Waals surface area (Å²) in [6, 6.07) is 4.27. The summed E-state index contributed by atoms with van der Waals surface area (Å²) in [5.74, 6) is 0.904. The van der Waals surface area contributed by atoms with Crippen molar-refractivity contribution >= 4 is 21.7 Å². The van der Waals surface area contributed by atoms with Gasteiger partial charge in [0.25, 0.3) is 0 Å². The molecule has 2 unspecified atom stereocenters. The van der Waals surface area contributed by atoms with Crippen molar-refractivity contribution < 1.29 is 4.74 Å². The Morgan fingerprint density at radius 3 is 3.07 bits per heavy atom. The van der Waals surface area contributed by atoms with Crippen LogP contribution in [0.2, 0.25) is 0 Å². The van der Waals surface area contributed by atoms with E-state index in [1.807, 2.05) is 12.1 Å². The molecule has 1 aromatic heterocycles. The van der Waals surface area contributed by atoms with E-state index in [1.165, 1.54) is 6.42 Å². The number of nitrogens with zero attached hydrogens (tertiary/aromatic N) is 1. The fourth-order valence-corrected chi connectivity index (χ4v) is 2.02. The minimum absolute atomic E-state index is 0.321. The fourth-order valence-electron chi connectivity index (χ4n) is 1.78. The molecule has 1 aromatic rings. The van der Waals surface area contributed by atoms with Gasteiger partial charge in [0.1, 0.15) is 5.82 Å². The van der Waals surface area contributed by atoms with Gasteiger partial charge in [-0.3, -0.25) is 0 Å². The van der Waals surface area contributed by atoms with Crippen LogP contribution in [-0.2, 0) is 4.74 Å². The first-order chi connectivity index (χ1) is 7.25. The van der Waals surface area contributed by atoms with Crippen LogP contribution in [-0.4, -0.2) is 23.7 Å². The van der Waals surface area contributed by atoms with Crippen LogP contribution in [0.5, 0.6) is 0 Å². The van der Waals surface area contributed by atoms with Crippen LogP contribution in [0.4, 0.5) is 5.82 Å². The molecule has 82 valence electrons. The maximum Gasteiger partial charge on any atom is 0.126 e. The van der Waals surface area contributed by atoms with Crippen LogP contribution in [0.1, 0.15) is 19.8 Å². The van der Waals surface area contributed by atoms with Gasteiger partial charge in [-0.2, -0.15) is 0 Å². The monoisotopic (exact) mass is 270 g/mol. The topological polar surface area (TPSA) is 34.2 Å². The van der Waals surface area contributed by atoms with Gasteiger partial charge in [-0.25, -0.2) is 4.98 Å². The van der Waals surface area contributed by atoms with E-state index < -0.39 is 0 Å². The Hall–Kier alpha value is -0.610. The van der Waals surface area contributed by atoms with Gasteiger partial charge >= 0.3 is 0 Å². The molecular formula is C11H15BrN2O. The number of rotatable bonds is 3. The highest BCUT2D eigenvalue weighted by Gasteiger charge is 2.22. The lowest BCUT2D eigenvalue weighted by Gasteiger charge is -2.20. The number of ether oxygens (including phenoxy) is 1. The minimum Gasteiger partial charge on any atom is -0.376 e. The molecule has 0 radical (unpaired) electrons. The van der Waals surface area contributed by atoms with Gasteiger partial charge in [-0.1, -0.05) is 0 Å². The second-order valence-corrected chi connectivity index (χ2v) is 4.76. The summed E-state index contributed by atoms with van der Waals surface area (Å²) in [7, 11) is 0. The van der Waals surface area contributed by atoms with Crippen LogP contribution >= 0.6 is 15.9 Å². The minimum atomic E-state index is 0.321. The van der Waals surface area contributed by atoms with Crippen LogP contribution < -0.4 is 5.32 Å². The number of anilines is 1. The smallest absolute Gasteiger partial charge is 0.126 e. The average Bonchev–Trinajstić information content (AvgIpc) is 2.74. The zero-order valence-electron chi connectivity index (χ0n) is 8.74. The van der Waals surface area contributed by atoms with Gasteiger partial charge in [-0.15, -0.1) is 0 Å². The quantitative estimate of drug-likeness (QED) is 0.917. The van der Waals surface area contributed by atoms with Gasteiger partial charge in [0.2, 0.25) is 0 Å². The van der Waals surface area contributed by atoms with E-state index in [9.17, 15) is 0 Å². The van der Waals surface area contributed by atoms with Crippen molar-refractivity contribution in [3.05, 3.63) is 22.8 Å². The zero-order chi connectivity index (χ0) is 10.7. The second kappa shape index (κ2) is 4.94. The van der Waals surface area contributed by atoms with Crippen molar-refractivity contribution in [3.63, 3.8) is 0 Å². The summed E-state index contributed by atoms with van der Waals surface area (Å²) in [4.78, 5) is 4.28. The van der Waals surface area contributed by atoms with Gasteiger partial charge in [0.05, 0.1) is 12.1 Å². The third kappa shape index (κ3) is 2.92. The molecule has 3 nitrogen and oxygen atoms in total. The molecule has 1 aliphatic rings. The molecule has 0 aromatic carbocycles. The van der Waals surface area contributed by atoms with Crippen LogP contribution in [0.3, 0.4) is 0 Å². The van der Waals surface area contributed by atoms with Crippen molar-refractivity contribution in [1.82, 2.24) is 4.98 Å². The van der Waals surface area contributed by atoms with Gasteiger partial charge in [0, 0.05) is 17.3 Å². The molecule has 0 bridgehead atoms. The third-order valence-corrected chi connectivity index (χ3v) is 3.09. The molecule has 0 saturated carbocycles. The molecule has 4 heteroatoms. The lowest BCUT2D eigenvalue weighted by Crippen LogP contribution is -2.30. The van der Waals surface area contributed by atoms with E-state index in [0.717, 1.165) is 23.3 Å². The van der Waals surface area contributed by atoms with E-state index in [1.54, 1.807) is 6.20 Å². The SMILES string of the molecule is CC(Nc1ccc(Br)cn1)C1CCCO1. The van der Waals surface area contributed by atoms with E-state index in [2.05, 4.69) is 33.2 Å². The first kappa shape index (κ1) is 10.9. The van der Waals surface area contributed by atoms with Crippen molar-refractivity contribution in [3.8, 4) is 0 Å². The normalized spacial score (nSPS) is 22.7. The van der Waals surface area contributed by atoms with Gasteiger partial charge in [0.15, 0.2) is 0 Å². The Morgan fingerprint density at radius 1 is 1.60 bits per heavy atom. The summed E-state index contributed by atoms with van der Waals surface area (Å²) < 4.78 is 6.61. The maximum absolute atomic E-state index is 5.61. The van der Waals surface area contributed by atoms with E-state index in [-0.39, 0.29) is 0 Å². The predicted molar refractivity (Wildman–Crippen MR) is 64.0 cm³/mol. The predicted octanol–water partition coefficient (Wildman–Crippen LogP) is 2.82. The van der Waals surface area contributed by atoms with Crippen LogP contribution in [0.15, 0.2) is 22.8 Å². The zero-order valence-corrected chi connectivity index (χ0v) is 10.3. The maximum atomic E-state index is 5.61. The number of halogens is 1. The largest absolute Gasteiger partial charge is 0.376 e. The van der Waals surface area contributed by atoms with Gasteiger partial charge < -0.3 is 10.1 Å². The standard InChI is InChI=1S/C11H15BrN2O/c1-8(10-3-2-6-15-10)14-11-5-4-9(12)7-13-11/h4-5,7-8,10H,2-3,6H2,1H3,(H,13,14). The first-order valence-electron chi connectivity index (χ1n) is 5.25. The summed E-state index contributed by atoms with van der Waals surface area (Å²) in [5, 5.41) is 3.35. The van der Waals surface area contributed by atoms with E-state index in [0.29, 0.717) is 12.1 Å². The van der Waals surface area contributed by atoms with Crippen molar-refractivity contribution in [1.29, 1.82) is 0 Å². The van der Waals surface area contributed by atoms with Crippen LogP contribution in [0.25, 0.3) is 0 Å². The summed E-state index contributed by atoms with van der Waals surface area (Å²) >= 11 is 3.36. The molecule has 1 aliphatic heterocycles. The Balaban J connectivity index is 1.92. The molecular weight excluding hydrogens is 256 g/mol. The summed E-state index contributed by atoms with van der Waals surface area (Å²) in [5.41, 5.74) is 0. The van der Waals surface area contributed by atoms with Crippen molar-refractivity contribution in [2.45, 2.75) is 31.9 Å². The van der Waals surface area contributed by atoms with Crippen molar-refractivity contribution in [2.75, 3.05) is 11.9 Å².